The first kappa shape index (κ1) is 21.0. The quantitative estimate of drug-likeness (QED) is 0.312. The molecule has 8 heteroatoms. The first-order valence-corrected chi connectivity index (χ1v) is 11.5. The van der Waals surface area contributed by atoms with Crippen LogP contribution < -0.4 is 4.90 Å². The van der Waals surface area contributed by atoms with Crippen LogP contribution in [-0.2, 0) is 6.54 Å². The number of imidazole rings is 1. The molecule has 2 aromatic carbocycles. The molecule has 4 rings (SSSR count). The van der Waals surface area contributed by atoms with Gasteiger partial charge in [-0.1, -0.05) is 44.9 Å². The Kier molecular flexibility index (Phi) is 6.22. The van der Waals surface area contributed by atoms with Crippen molar-refractivity contribution in [3.63, 3.8) is 0 Å². The molecule has 2 aromatic heterocycles. The van der Waals surface area contributed by atoms with Crippen LogP contribution in [0.2, 0.25) is 5.02 Å². The number of anilines is 1. The van der Waals surface area contributed by atoms with Gasteiger partial charge < -0.3 is 4.57 Å². The third kappa shape index (κ3) is 4.43. The number of hydrogen-bond donors (Lipinski definition) is 0. The molecule has 0 aliphatic heterocycles. The molecule has 5 nitrogen and oxygen atoms in total. The van der Waals surface area contributed by atoms with Gasteiger partial charge in [0.1, 0.15) is 0 Å². The number of hydrogen-bond acceptors (Lipinski definition) is 4. The number of halogens is 2. The zero-order chi connectivity index (χ0) is 21.3. The topological polar surface area (TPSA) is 51.0 Å². The van der Waals surface area contributed by atoms with Gasteiger partial charge in [-0.05, 0) is 55.7 Å². The molecule has 30 heavy (non-hydrogen) atoms. The van der Waals surface area contributed by atoms with Crippen LogP contribution in [0.5, 0.6) is 0 Å². The minimum absolute atomic E-state index is 0.152. The fourth-order valence-corrected chi connectivity index (χ4v) is 5.00. The van der Waals surface area contributed by atoms with Crippen molar-refractivity contribution in [3.8, 4) is 0 Å². The standard InChI is InChI=1S/C22H20BrClN4OS/c1-14-10-15(2)20-19(11-14)26-22(30-20)28(8-3-7-27-9-6-25-13-27)21(29)17-12-16(23)4-5-18(17)24/h4-6,9-13H,3,7-8H2,1-2H3. The van der Waals surface area contributed by atoms with E-state index in [4.69, 9.17) is 16.6 Å². The van der Waals surface area contributed by atoms with Crippen LogP contribution >= 0.6 is 38.9 Å². The second-order valence-corrected chi connectivity index (χ2v) is 9.46. The lowest BCUT2D eigenvalue weighted by atomic mass is 10.1. The summed E-state index contributed by atoms with van der Waals surface area (Å²) in [6.07, 6.45) is 6.22. The Bertz CT molecular complexity index is 1210. The van der Waals surface area contributed by atoms with Gasteiger partial charge in [-0.2, -0.15) is 0 Å². The van der Waals surface area contributed by atoms with Crippen LogP contribution in [-0.4, -0.2) is 27.0 Å². The van der Waals surface area contributed by atoms with Crippen molar-refractivity contribution in [3.05, 3.63) is 75.2 Å². The van der Waals surface area contributed by atoms with Gasteiger partial charge in [-0.15, -0.1) is 0 Å². The van der Waals surface area contributed by atoms with E-state index in [0.29, 0.717) is 22.3 Å². The highest BCUT2D eigenvalue weighted by molar-refractivity contribution is 9.10. The lowest BCUT2D eigenvalue weighted by molar-refractivity contribution is 0.0986. The van der Waals surface area contributed by atoms with Crippen LogP contribution in [0.25, 0.3) is 10.2 Å². The number of aryl methyl sites for hydroxylation is 3. The van der Waals surface area contributed by atoms with Crippen molar-refractivity contribution in [2.24, 2.45) is 0 Å². The summed E-state index contributed by atoms with van der Waals surface area (Å²) in [6.45, 7) is 5.42. The predicted molar refractivity (Wildman–Crippen MR) is 127 cm³/mol. The third-order valence-corrected chi connectivity index (χ3v) is 6.85. The van der Waals surface area contributed by atoms with Crippen LogP contribution in [0.15, 0.2) is 53.5 Å². The van der Waals surface area contributed by atoms with Crippen molar-refractivity contribution in [2.75, 3.05) is 11.4 Å². The number of thiazole rings is 1. The molecule has 0 atom stereocenters. The first-order chi connectivity index (χ1) is 14.4. The summed E-state index contributed by atoms with van der Waals surface area (Å²) in [5.41, 5.74) is 3.70. The Morgan fingerprint density at radius 1 is 1.27 bits per heavy atom. The third-order valence-electron chi connectivity index (χ3n) is 4.80. The second-order valence-electron chi connectivity index (χ2n) is 7.16. The minimum atomic E-state index is -0.152. The van der Waals surface area contributed by atoms with E-state index in [2.05, 4.69) is 46.9 Å². The van der Waals surface area contributed by atoms with E-state index in [9.17, 15) is 4.79 Å². The summed E-state index contributed by atoms with van der Waals surface area (Å²) in [6, 6.07) is 9.51. The highest BCUT2D eigenvalue weighted by atomic mass is 79.9. The zero-order valence-corrected chi connectivity index (χ0v) is 19.8. The van der Waals surface area contributed by atoms with E-state index < -0.39 is 0 Å². The number of benzene rings is 2. The largest absolute Gasteiger partial charge is 0.337 e. The summed E-state index contributed by atoms with van der Waals surface area (Å²) in [5.74, 6) is -0.152. The number of carbonyl (C=O) groups is 1. The van der Waals surface area contributed by atoms with E-state index in [1.807, 2.05) is 16.8 Å². The molecular formula is C22H20BrClN4OS. The molecular weight excluding hydrogens is 484 g/mol. The number of rotatable bonds is 6. The Morgan fingerprint density at radius 2 is 2.10 bits per heavy atom. The molecule has 154 valence electrons. The highest BCUT2D eigenvalue weighted by Crippen LogP contribution is 2.34. The molecule has 0 spiro atoms. The van der Waals surface area contributed by atoms with Gasteiger partial charge in [0.2, 0.25) is 0 Å². The summed E-state index contributed by atoms with van der Waals surface area (Å²) >= 11 is 11.3. The Labute approximate surface area is 192 Å². The number of aromatic nitrogens is 3. The van der Waals surface area contributed by atoms with Crippen LogP contribution in [0, 0.1) is 13.8 Å². The highest BCUT2D eigenvalue weighted by Gasteiger charge is 2.23. The zero-order valence-electron chi connectivity index (χ0n) is 16.6. The van der Waals surface area contributed by atoms with Crippen molar-refractivity contribution in [2.45, 2.75) is 26.8 Å². The van der Waals surface area contributed by atoms with Crippen LogP contribution in [0.4, 0.5) is 5.13 Å². The lowest BCUT2D eigenvalue weighted by Gasteiger charge is -2.21. The predicted octanol–water partition coefficient (Wildman–Crippen LogP) is 6.26. The SMILES string of the molecule is Cc1cc(C)c2sc(N(CCCn3ccnc3)C(=O)c3cc(Br)ccc3Cl)nc2c1. The summed E-state index contributed by atoms with van der Waals surface area (Å²) in [7, 11) is 0. The van der Waals surface area contributed by atoms with Gasteiger partial charge in [0.25, 0.3) is 5.91 Å². The average Bonchev–Trinajstić information content (AvgIpc) is 3.36. The van der Waals surface area contributed by atoms with Crippen molar-refractivity contribution in [1.82, 2.24) is 14.5 Å². The van der Waals surface area contributed by atoms with Crippen molar-refractivity contribution < 1.29 is 4.79 Å². The van der Waals surface area contributed by atoms with Gasteiger partial charge >= 0.3 is 0 Å². The smallest absolute Gasteiger partial charge is 0.261 e. The molecule has 2 heterocycles. The Balaban J connectivity index is 1.70. The molecule has 0 fully saturated rings. The van der Waals surface area contributed by atoms with Crippen molar-refractivity contribution in [1.29, 1.82) is 0 Å². The molecule has 0 unspecified atom stereocenters. The molecule has 0 aliphatic carbocycles. The molecule has 4 aromatic rings. The minimum Gasteiger partial charge on any atom is -0.337 e. The van der Waals surface area contributed by atoms with Gasteiger partial charge in [-0.25, -0.2) is 9.97 Å². The van der Waals surface area contributed by atoms with E-state index in [0.717, 1.165) is 33.2 Å². The van der Waals surface area contributed by atoms with Crippen molar-refractivity contribution >= 4 is 60.1 Å². The van der Waals surface area contributed by atoms with Gasteiger partial charge in [-0.3, -0.25) is 9.69 Å². The number of amides is 1. The number of nitrogens with zero attached hydrogens (tertiary/aromatic N) is 4. The summed E-state index contributed by atoms with van der Waals surface area (Å²) < 4.78 is 3.91. The maximum absolute atomic E-state index is 13.5. The lowest BCUT2D eigenvalue weighted by Crippen LogP contribution is -2.32. The normalized spacial score (nSPS) is 11.2. The number of fused-ring (bicyclic) bond motifs is 1. The van der Waals surface area contributed by atoms with Gasteiger partial charge in [0.15, 0.2) is 5.13 Å². The molecule has 0 N–H and O–H groups in total. The number of carbonyl (C=O) groups excluding carboxylic acids is 1. The van der Waals surface area contributed by atoms with E-state index in [1.54, 1.807) is 40.9 Å². The first-order valence-electron chi connectivity index (χ1n) is 9.53. The van der Waals surface area contributed by atoms with E-state index in [1.165, 1.54) is 5.56 Å². The maximum Gasteiger partial charge on any atom is 0.261 e. The maximum atomic E-state index is 13.5. The fourth-order valence-electron chi connectivity index (χ4n) is 3.40. The van der Waals surface area contributed by atoms with Gasteiger partial charge in [0.05, 0.1) is 27.1 Å². The molecule has 0 saturated carbocycles. The van der Waals surface area contributed by atoms with Gasteiger partial charge in [0, 0.05) is 30.0 Å². The summed E-state index contributed by atoms with van der Waals surface area (Å²) in [5, 5.41) is 1.11. The fraction of sp³-hybridized carbons (Fsp3) is 0.227. The average molecular weight is 504 g/mol. The second kappa shape index (κ2) is 8.88. The summed E-state index contributed by atoms with van der Waals surface area (Å²) in [4.78, 5) is 24.1. The molecule has 1 amide bonds. The molecule has 0 radical (unpaired) electrons. The van der Waals surface area contributed by atoms with E-state index >= 15 is 0 Å². The van der Waals surface area contributed by atoms with E-state index in [-0.39, 0.29) is 5.91 Å². The molecule has 0 aliphatic rings. The Hall–Kier alpha value is -2.22. The monoisotopic (exact) mass is 502 g/mol. The van der Waals surface area contributed by atoms with Crippen LogP contribution in [0.1, 0.15) is 27.9 Å². The molecule has 0 bridgehead atoms. The Morgan fingerprint density at radius 3 is 2.87 bits per heavy atom. The van der Waals surface area contributed by atoms with Crippen LogP contribution in [0.3, 0.4) is 0 Å². The molecule has 0 saturated heterocycles.